The number of benzene rings is 2. The lowest BCUT2D eigenvalue weighted by atomic mass is 10.00. The molecule has 2 aromatic carbocycles. The lowest BCUT2D eigenvalue weighted by molar-refractivity contribution is 0.178. The van der Waals surface area contributed by atoms with Gasteiger partial charge in [-0.3, -0.25) is 0 Å². The van der Waals surface area contributed by atoms with Crippen molar-refractivity contribution in [3.8, 4) is 5.75 Å². The predicted octanol–water partition coefficient (Wildman–Crippen LogP) is 4.07. The third-order valence-corrected chi connectivity index (χ3v) is 3.31. The maximum Gasteiger partial charge on any atom is 0.165 e. The fourth-order valence-corrected chi connectivity index (χ4v) is 2.43. The van der Waals surface area contributed by atoms with Gasteiger partial charge in [0.05, 0.1) is 13.2 Å². The molecule has 106 valence electrons. The van der Waals surface area contributed by atoms with Crippen molar-refractivity contribution in [1.82, 2.24) is 0 Å². The van der Waals surface area contributed by atoms with Crippen LogP contribution in [0.5, 0.6) is 5.75 Å². The second-order valence-corrected chi connectivity index (χ2v) is 5.19. The highest BCUT2D eigenvalue weighted by molar-refractivity contribution is 6.30. The quantitative estimate of drug-likeness (QED) is 0.921. The van der Waals surface area contributed by atoms with E-state index in [1.807, 2.05) is 19.1 Å². The van der Waals surface area contributed by atoms with Crippen molar-refractivity contribution in [2.75, 3.05) is 7.11 Å². The van der Waals surface area contributed by atoms with Crippen molar-refractivity contribution in [3.05, 3.63) is 63.9 Å². The van der Waals surface area contributed by atoms with Gasteiger partial charge in [0.1, 0.15) is 0 Å². The van der Waals surface area contributed by atoms with Crippen LogP contribution in [0.15, 0.2) is 36.4 Å². The zero-order chi connectivity index (χ0) is 14.7. The van der Waals surface area contributed by atoms with Crippen LogP contribution in [0.4, 0.5) is 4.39 Å². The summed E-state index contributed by atoms with van der Waals surface area (Å²) >= 11 is 5.97. The molecule has 1 unspecified atom stereocenters. The molecule has 2 aromatic rings. The molecule has 4 heteroatoms. The topological polar surface area (TPSA) is 29.5 Å². The number of hydrogen-bond donors (Lipinski definition) is 1. The Morgan fingerprint density at radius 3 is 2.60 bits per heavy atom. The summed E-state index contributed by atoms with van der Waals surface area (Å²) in [6, 6.07) is 10.1. The minimum Gasteiger partial charge on any atom is -0.494 e. The van der Waals surface area contributed by atoms with Gasteiger partial charge in [-0.15, -0.1) is 0 Å². The normalized spacial score (nSPS) is 12.2. The molecule has 0 amide bonds. The first-order valence-corrected chi connectivity index (χ1v) is 6.65. The molecule has 0 aliphatic heterocycles. The second-order valence-electron chi connectivity index (χ2n) is 4.75. The van der Waals surface area contributed by atoms with Gasteiger partial charge < -0.3 is 9.84 Å². The Morgan fingerprint density at radius 2 is 2.00 bits per heavy atom. The smallest absolute Gasteiger partial charge is 0.165 e. The van der Waals surface area contributed by atoms with E-state index in [1.165, 1.54) is 13.2 Å². The molecular weight excluding hydrogens is 279 g/mol. The number of ether oxygens (including phenoxy) is 1. The van der Waals surface area contributed by atoms with Gasteiger partial charge in [-0.1, -0.05) is 23.7 Å². The summed E-state index contributed by atoms with van der Waals surface area (Å²) < 4.78 is 18.5. The third-order valence-electron chi connectivity index (χ3n) is 3.09. The van der Waals surface area contributed by atoms with Crippen LogP contribution in [0.1, 0.15) is 22.8 Å². The van der Waals surface area contributed by atoms with Crippen molar-refractivity contribution >= 4 is 11.6 Å². The molecule has 1 N–H and O–H groups in total. The monoisotopic (exact) mass is 294 g/mol. The number of rotatable bonds is 4. The summed E-state index contributed by atoms with van der Waals surface area (Å²) in [6.45, 7) is 1.91. The highest BCUT2D eigenvalue weighted by Gasteiger charge is 2.12. The number of aryl methyl sites for hydroxylation is 1. The summed E-state index contributed by atoms with van der Waals surface area (Å²) in [7, 11) is 1.42. The lowest BCUT2D eigenvalue weighted by Gasteiger charge is -2.13. The SMILES string of the molecule is COc1ccc(CC(O)c2cc(C)cc(Cl)c2)cc1F. The largest absolute Gasteiger partial charge is 0.494 e. The van der Waals surface area contributed by atoms with Crippen LogP contribution in [0, 0.1) is 12.7 Å². The van der Waals surface area contributed by atoms with E-state index in [-0.39, 0.29) is 5.75 Å². The van der Waals surface area contributed by atoms with Crippen molar-refractivity contribution in [2.24, 2.45) is 0 Å². The second kappa shape index (κ2) is 6.25. The molecule has 0 aromatic heterocycles. The fraction of sp³-hybridized carbons (Fsp3) is 0.250. The summed E-state index contributed by atoms with van der Waals surface area (Å²) in [6.07, 6.45) is -0.402. The van der Waals surface area contributed by atoms with Gasteiger partial charge in [0.25, 0.3) is 0 Å². The first-order valence-electron chi connectivity index (χ1n) is 6.27. The summed E-state index contributed by atoms with van der Waals surface area (Å²) in [5.41, 5.74) is 2.41. The first-order chi connectivity index (χ1) is 9.49. The molecular formula is C16H16ClFO2. The molecule has 0 spiro atoms. The van der Waals surface area contributed by atoms with Crippen molar-refractivity contribution in [3.63, 3.8) is 0 Å². The zero-order valence-corrected chi connectivity index (χ0v) is 12.1. The minimum absolute atomic E-state index is 0.196. The van der Waals surface area contributed by atoms with Gasteiger partial charge in [0, 0.05) is 11.4 Å². The van der Waals surface area contributed by atoms with E-state index < -0.39 is 11.9 Å². The van der Waals surface area contributed by atoms with Crippen LogP contribution < -0.4 is 4.74 Å². The van der Waals surface area contributed by atoms with Crippen LogP contribution in [0.25, 0.3) is 0 Å². The van der Waals surface area contributed by atoms with Crippen LogP contribution in [0.2, 0.25) is 5.02 Å². The Hall–Kier alpha value is -1.58. The molecule has 0 radical (unpaired) electrons. The molecule has 2 nitrogen and oxygen atoms in total. The van der Waals surface area contributed by atoms with Crippen LogP contribution >= 0.6 is 11.6 Å². The molecule has 0 bridgehead atoms. The van der Waals surface area contributed by atoms with Crippen LogP contribution in [-0.2, 0) is 6.42 Å². The average Bonchev–Trinajstić information content (AvgIpc) is 2.37. The summed E-state index contributed by atoms with van der Waals surface area (Å²) in [5.74, 6) is -0.235. The van der Waals surface area contributed by atoms with E-state index in [0.717, 1.165) is 11.1 Å². The molecule has 0 heterocycles. The number of methoxy groups -OCH3 is 1. The van der Waals surface area contributed by atoms with E-state index in [4.69, 9.17) is 16.3 Å². The Morgan fingerprint density at radius 1 is 1.25 bits per heavy atom. The maximum atomic E-state index is 13.6. The van der Waals surface area contributed by atoms with Gasteiger partial charge in [-0.25, -0.2) is 4.39 Å². The van der Waals surface area contributed by atoms with Crippen LogP contribution in [-0.4, -0.2) is 12.2 Å². The van der Waals surface area contributed by atoms with E-state index >= 15 is 0 Å². The van der Waals surface area contributed by atoms with E-state index in [9.17, 15) is 9.50 Å². The molecule has 20 heavy (non-hydrogen) atoms. The highest BCUT2D eigenvalue weighted by Crippen LogP contribution is 2.25. The van der Waals surface area contributed by atoms with E-state index in [1.54, 1.807) is 18.2 Å². The van der Waals surface area contributed by atoms with Gasteiger partial charge in [0.2, 0.25) is 0 Å². The van der Waals surface area contributed by atoms with Gasteiger partial charge in [-0.05, 0) is 47.9 Å². The Kier molecular flexibility index (Phi) is 4.63. The zero-order valence-electron chi connectivity index (χ0n) is 11.4. The van der Waals surface area contributed by atoms with Crippen molar-refractivity contribution in [1.29, 1.82) is 0 Å². The number of hydrogen-bond acceptors (Lipinski definition) is 2. The molecule has 0 saturated heterocycles. The lowest BCUT2D eigenvalue weighted by Crippen LogP contribution is -2.03. The summed E-state index contributed by atoms with van der Waals surface area (Å²) in [5, 5.41) is 10.8. The number of aliphatic hydroxyl groups is 1. The van der Waals surface area contributed by atoms with E-state index in [2.05, 4.69) is 0 Å². The van der Waals surface area contributed by atoms with Crippen LogP contribution in [0.3, 0.4) is 0 Å². The Balaban J connectivity index is 2.18. The molecule has 0 saturated carbocycles. The van der Waals surface area contributed by atoms with Gasteiger partial charge in [-0.2, -0.15) is 0 Å². The standard InChI is InChI=1S/C16H16ClFO2/c1-10-5-12(9-13(17)6-10)15(19)8-11-3-4-16(20-2)14(18)7-11/h3-7,9,15,19H,8H2,1-2H3. The minimum atomic E-state index is -0.722. The number of halogens is 2. The Bertz CT molecular complexity index is 593. The molecule has 0 fully saturated rings. The molecule has 0 aliphatic carbocycles. The molecule has 2 rings (SSSR count). The predicted molar refractivity (Wildman–Crippen MR) is 77.8 cm³/mol. The molecule has 1 atom stereocenters. The fourth-order valence-electron chi connectivity index (χ4n) is 2.13. The third kappa shape index (κ3) is 3.50. The average molecular weight is 295 g/mol. The van der Waals surface area contributed by atoms with E-state index in [0.29, 0.717) is 17.0 Å². The molecule has 0 aliphatic rings. The summed E-state index contributed by atoms with van der Waals surface area (Å²) in [4.78, 5) is 0. The number of aliphatic hydroxyl groups excluding tert-OH is 1. The highest BCUT2D eigenvalue weighted by atomic mass is 35.5. The van der Waals surface area contributed by atoms with Crippen molar-refractivity contribution < 1.29 is 14.2 Å². The maximum absolute atomic E-state index is 13.6. The Labute approximate surface area is 122 Å². The van der Waals surface area contributed by atoms with Crippen molar-refractivity contribution in [2.45, 2.75) is 19.4 Å². The first kappa shape index (κ1) is 14.8. The van der Waals surface area contributed by atoms with Gasteiger partial charge in [0.15, 0.2) is 11.6 Å². The van der Waals surface area contributed by atoms with Gasteiger partial charge >= 0.3 is 0 Å².